The summed E-state index contributed by atoms with van der Waals surface area (Å²) in [5, 5.41) is 13.4. The van der Waals surface area contributed by atoms with Gasteiger partial charge in [-0.15, -0.1) is 11.8 Å². The monoisotopic (exact) mass is 348 g/mol. The van der Waals surface area contributed by atoms with Crippen molar-refractivity contribution in [2.45, 2.75) is 5.03 Å². The number of nitriles is 1. The largest absolute Gasteiger partial charge is 0.497 e. The Morgan fingerprint density at radius 1 is 1.08 bits per heavy atom. The molecule has 0 aliphatic heterocycles. The van der Waals surface area contributed by atoms with Crippen LogP contribution in [0.3, 0.4) is 0 Å². The first-order valence-electron chi connectivity index (χ1n) is 7.57. The molecule has 0 saturated carbocycles. The van der Waals surface area contributed by atoms with Gasteiger partial charge in [0.15, 0.2) is 11.6 Å². The second kappa shape index (κ2) is 7.69. The van der Waals surface area contributed by atoms with E-state index < -0.39 is 0 Å². The van der Waals surface area contributed by atoms with E-state index in [1.165, 1.54) is 11.8 Å². The molecule has 0 saturated heterocycles. The topological polar surface area (TPSA) is 70.8 Å². The zero-order valence-corrected chi connectivity index (χ0v) is 14.7. The van der Waals surface area contributed by atoms with Gasteiger partial charge in [0.05, 0.1) is 7.11 Å². The molecule has 0 spiro atoms. The van der Waals surface area contributed by atoms with Crippen LogP contribution in [0.5, 0.6) is 5.75 Å². The molecule has 1 aromatic heterocycles. The summed E-state index contributed by atoms with van der Waals surface area (Å²) in [5.41, 5.74) is 2.12. The lowest BCUT2D eigenvalue weighted by Gasteiger charge is -2.12. The van der Waals surface area contributed by atoms with E-state index in [1.54, 1.807) is 7.11 Å². The summed E-state index contributed by atoms with van der Waals surface area (Å²) in [7, 11) is 1.61. The average Bonchev–Trinajstić information content (AvgIpc) is 2.68. The summed E-state index contributed by atoms with van der Waals surface area (Å²) >= 11 is 1.42. The number of nitrogens with zero attached hydrogens (tertiary/aromatic N) is 3. The van der Waals surface area contributed by atoms with E-state index in [2.05, 4.69) is 21.4 Å². The molecule has 3 aromatic rings. The molecule has 0 aliphatic rings. The third-order valence-electron chi connectivity index (χ3n) is 3.55. The number of hydrogen-bond donors (Lipinski definition) is 1. The Morgan fingerprint density at radius 3 is 2.56 bits per heavy atom. The Balaban J connectivity index is 2.08. The van der Waals surface area contributed by atoms with Gasteiger partial charge in [-0.2, -0.15) is 5.26 Å². The van der Waals surface area contributed by atoms with Gasteiger partial charge in [0.2, 0.25) is 0 Å². The van der Waals surface area contributed by atoms with Crippen molar-refractivity contribution < 1.29 is 4.74 Å². The van der Waals surface area contributed by atoms with E-state index in [0.717, 1.165) is 17.0 Å². The van der Waals surface area contributed by atoms with E-state index in [1.807, 2.05) is 60.9 Å². The highest BCUT2D eigenvalue weighted by atomic mass is 32.2. The van der Waals surface area contributed by atoms with Crippen LogP contribution in [0.25, 0.3) is 11.4 Å². The van der Waals surface area contributed by atoms with Gasteiger partial charge in [0.25, 0.3) is 0 Å². The highest BCUT2D eigenvalue weighted by molar-refractivity contribution is 7.98. The fraction of sp³-hybridized carbons (Fsp3) is 0.105. The van der Waals surface area contributed by atoms with Crippen molar-refractivity contribution >= 4 is 23.3 Å². The molecule has 2 aromatic carbocycles. The van der Waals surface area contributed by atoms with Crippen LogP contribution < -0.4 is 10.1 Å². The van der Waals surface area contributed by atoms with E-state index in [9.17, 15) is 5.26 Å². The normalized spacial score (nSPS) is 10.1. The zero-order chi connectivity index (χ0) is 17.6. The molecule has 0 amide bonds. The number of thioether (sulfide) groups is 1. The number of rotatable bonds is 5. The Morgan fingerprint density at radius 2 is 1.88 bits per heavy atom. The van der Waals surface area contributed by atoms with Crippen LogP contribution in [0.4, 0.5) is 11.5 Å². The first-order valence-corrected chi connectivity index (χ1v) is 8.80. The van der Waals surface area contributed by atoms with Gasteiger partial charge in [-0.3, -0.25) is 0 Å². The Bertz CT molecular complexity index is 922. The molecule has 0 bridgehead atoms. The van der Waals surface area contributed by atoms with Gasteiger partial charge in [-0.1, -0.05) is 36.4 Å². The van der Waals surface area contributed by atoms with Crippen LogP contribution >= 0.6 is 11.8 Å². The number of benzene rings is 2. The third-order valence-corrected chi connectivity index (χ3v) is 4.23. The molecular weight excluding hydrogens is 332 g/mol. The van der Waals surface area contributed by atoms with Crippen molar-refractivity contribution in [3.63, 3.8) is 0 Å². The van der Waals surface area contributed by atoms with Crippen LogP contribution in [0.1, 0.15) is 5.56 Å². The number of hydrogen-bond acceptors (Lipinski definition) is 6. The highest BCUT2D eigenvalue weighted by Crippen LogP contribution is 2.30. The van der Waals surface area contributed by atoms with Crippen LogP contribution in [0.2, 0.25) is 0 Å². The van der Waals surface area contributed by atoms with Crippen molar-refractivity contribution in [2.75, 3.05) is 18.7 Å². The maximum Gasteiger partial charge on any atom is 0.162 e. The lowest BCUT2D eigenvalue weighted by atomic mass is 10.2. The molecular formula is C19H16N4OS. The minimum atomic E-state index is 0.426. The molecule has 0 radical (unpaired) electrons. The predicted octanol–water partition coefficient (Wildman–Crippen LogP) is 4.49. The first kappa shape index (κ1) is 16.8. The standard InChI is InChI=1S/C19H16N4OS/c1-24-15-10-6-9-14(11-15)21-18-16(12-20)19(25-2)23-17(22-18)13-7-4-3-5-8-13/h3-11H,1-2H3,(H,21,22,23). The van der Waals surface area contributed by atoms with Crippen LogP contribution in [0.15, 0.2) is 59.6 Å². The van der Waals surface area contributed by atoms with Gasteiger partial charge < -0.3 is 10.1 Å². The maximum atomic E-state index is 9.56. The van der Waals surface area contributed by atoms with Gasteiger partial charge in [-0.25, -0.2) is 9.97 Å². The lowest BCUT2D eigenvalue weighted by Crippen LogP contribution is -2.03. The quantitative estimate of drug-likeness (QED) is 0.541. The van der Waals surface area contributed by atoms with E-state index in [4.69, 9.17) is 4.74 Å². The van der Waals surface area contributed by atoms with Crippen molar-refractivity contribution in [3.05, 3.63) is 60.2 Å². The Labute approximate surface area is 150 Å². The molecule has 1 heterocycles. The van der Waals surface area contributed by atoms with Crippen molar-refractivity contribution in [3.8, 4) is 23.2 Å². The molecule has 25 heavy (non-hydrogen) atoms. The molecule has 3 rings (SSSR count). The first-order chi connectivity index (χ1) is 12.2. The molecule has 1 N–H and O–H groups in total. The van der Waals surface area contributed by atoms with Crippen molar-refractivity contribution in [1.29, 1.82) is 5.26 Å². The molecule has 0 atom stereocenters. The number of ether oxygens (including phenoxy) is 1. The second-order valence-corrected chi connectivity index (χ2v) is 5.91. The van der Waals surface area contributed by atoms with Gasteiger partial charge in [-0.05, 0) is 18.4 Å². The number of anilines is 2. The molecule has 6 heteroatoms. The number of nitrogens with one attached hydrogen (secondary N) is 1. The van der Waals surface area contributed by atoms with Gasteiger partial charge in [0, 0.05) is 17.3 Å². The zero-order valence-electron chi connectivity index (χ0n) is 13.9. The molecule has 5 nitrogen and oxygen atoms in total. The molecule has 0 aliphatic carbocycles. The third kappa shape index (κ3) is 3.73. The summed E-state index contributed by atoms with van der Waals surface area (Å²) < 4.78 is 5.25. The van der Waals surface area contributed by atoms with E-state index in [-0.39, 0.29) is 0 Å². The van der Waals surface area contributed by atoms with E-state index >= 15 is 0 Å². The fourth-order valence-electron chi connectivity index (χ4n) is 2.33. The summed E-state index contributed by atoms with van der Waals surface area (Å²) in [6.45, 7) is 0. The van der Waals surface area contributed by atoms with Gasteiger partial charge >= 0.3 is 0 Å². The van der Waals surface area contributed by atoms with Crippen LogP contribution in [-0.2, 0) is 0 Å². The second-order valence-electron chi connectivity index (χ2n) is 5.11. The van der Waals surface area contributed by atoms with Crippen LogP contribution in [-0.4, -0.2) is 23.3 Å². The highest BCUT2D eigenvalue weighted by Gasteiger charge is 2.15. The minimum absolute atomic E-state index is 0.426. The van der Waals surface area contributed by atoms with Crippen molar-refractivity contribution in [1.82, 2.24) is 9.97 Å². The molecule has 0 fully saturated rings. The summed E-state index contributed by atoms with van der Waals surface area (Å²) in [5.74, 6) is 1.79. The molecule has 0 unspecified atom stereocenters. The smallest absolute Gasteiger partial charge is 0.162 e. The van der Waals surface area contributed by atoms with Crippen LogP contribution in [0, 0.1) is 11.3 Å². The van der Waals surface area contributed by atoms with Gasteiger partial charge in [0.1, 0.15) is 22.4 Å². The molecule has 124 valence electrons. The Hall–Kier alpha value is -3.04. The summed E-state index contributed by atoms with van der Waals surface area (Å²) in [4.78, 5) is 9.11. The SMILES string of the molecule is COc1cccc(Nc2nc(-c3ccccc3)nc(SC)c2C#N)c1. The number of aromatic nitrogens is 2. The fourth-order valence-corrected chi connectivity index (χ4v) is 2.86. The predicted molar refractivity (Wildman–Crippen MR) is 100 cm³/mol. The number of methoxy groups -OCH3 is 1. The minimum Gasteiger partial charge on any atom is -0.497 e. The summed E-state index contributed by atoms with van der Waals surface area (Å²) in [6.07, 6.45) is 1.90. The van der Waals surface area contributed by atoms with Crippen molar-refractivity contribution in [2.24, 2.45) is 0 Å². The lowest BCUT2D eigenvalue weighted by molar-refractivity contribution is 0.415. The average molecular weight is 348 g/mol. The summed E-state index contributed by atoms with van der Waals surface area (Å²) in [6, 6.07) is 19.4. The maximum absolute atomic E-state index is 9.56. The van der Waals surface area contributed by atoms with E-state index in [0.29, 0.717) is 22.2 Å². The Kier molecular flexibility index (Phi) is 5.17.